The van der Waals surface area contributed by atoms with E-state index in [1.165, 1.54) is 20.2 Å². The molecule has 0 spiro atoms. The first kappa shape index (κ1) is 28.2. The second kappa shape index (κ2) is 10.9. The third-order valence-electron chi connectivity index (χ3n) is 9.88. The van der Waals surface area contributed by atoms with Crippen LogP contribution in [0.2, 0.25) is 0 Å². The Kier molecular flexibility index (Phi) is 6.05. The maximum atomic E-state index is 6.55. The summed E-state index contributed by atoms with van der Waals surface area (Å²) in [6.45, 7) is 0. The number of hydrogen-bond donors (Lipinski definition) is 0. The molecular formula is C45H26N4OS. The van der Waals surface area contributed by atoms with Crippen LogP contribution in [0.4, 0.5) is 0 Å². The molecule has 0 saturated carbocycles. The van der Waals surface area contributed by atoms with E-state index in [9.17, 15) is 0 Å². The highest BCUT2D eigenvalue weighted by molar-refractivity contribution is 7.26. The van der Waals surface area contributed by atoms with Crippen LogP contribution in [0, 0.1) is 0 Å². The first-order valence-electron chi connectivity index (χ1n) is 17.0. The number of hydrogen-bond acceptors (Lipinski definition) is 5. The van der Waals surface area contributed by atoms with Crippen molar-refractivity contribution in [3.05, 3.63) is 158 Å². The zero-order valence-corrected chi connectivity index (χ0v) is 27.9. The molecule has 11 rings (SSSR count). The lowest BCUT2D eigenvalue weighted by Crippen LogP contribution is -2.00. The van der Waals surface area contributed by atoms with E-state index in [0.29, 0.717) is 17.5 Å². The van der Waals surface area contributed by atoms with Gasteiger partial charge in [0.1, 0.15) is 5.58 Å². The summed E-state index contributed by atoms with van der Waals surface area (Å²) in [4.78, 5) is 15.6. The quantitative estimate of drug-likeness (QED) is 0.187. The predicted molar refractivity (Wildman–Crippen MR) is 211 cm³/mol. The third kappa shape index (κ3) is 4.24. The van der Waals surface area contributed by atoms with E-state index in [1.54, 1.807) is 11.3 Å². The summed E-state index contributed by atoms with van der Waals surface area (Å²) < 4.78 is 11.3. The standard InChI is InChI=1S/C45H26N4OS/c1-2-13-27(14-3-1)43-46-44(48-45(47-43)34-21-10-19-31-29-16-6-9-26-39(29)51-42(31)34)33-20-12-23-36-40(33)32-17-4-7-22-35(32)49(36)37-24-11-18-30-28-15-5-8-25-38(28)50-41(30)37/h1-26H. The number of furan rings is 1. The molecule has 0 aliphatic rings. The fourth-order valence-electron chi connectivity index (χ4n) is 7.63. The summed E-state index contributed by atoms with van der Waals surface area (Å²) in [6, 6.07) is 54.8. The van der Waals surface area contributed by atoms with Crippen molar-refractivity contribution in [2.24, 2.45) is 0 Å². The average molecular weight is 671 g/mol. The largest absolute Gasteiger partial charge is 0.454 e. The minimum Gasteiger partial charge on any atom is -0.454 e. The summed E-state index contributed by atoms with van der Waals surface area (Å²) >= 11 is 1.78. The van der Waals surface area contributed by atoms with E-state index in [4.69, 9.17) is 19.4 Å². The molecule has 0 N–H and O–H groups in total. The van der Waals surface area contributed by atoms with Crippen molar-refractivity contribution >= 4 is 75.3 Å². The van der Waals surface area contributed by atoms with Gasteiger partial charge in [-0.15, -0.1) is 11.3 Å². The van der Waals surface area contributed by atoms with Gasteiger partial charge in [0.25, 0.3) is 0 Å². The van der Waals surface area contributed by atoms with Gasteiger partial charge in [0.05, 0.1) is 16.7 Å². The zero-order valence-electron chi connectivity index (χ0n) is 27.1. The molecule has 0 fully saturated rings. The van der Waals surface area contributed by atoms with Crippen LogP contribution in [0.5, 0.6) is 0 Å². The number of nitrogens with zero attached hydrogens (tertiary/aromatic N) is 4. The van der Waals surface area contributed by atoms with Crippen LogP contribution >= 0.6 is 11.3 Å². The summed E-state index contributed by atoms with van der Waals surface area (Å²) in [6.07, 6.45) is 0. The molecule has 7 aromatic carbocycles. The molecule has 0 atom stereocenters. The van der Waals surface area contributed by atoms with Gasteiger partial charge in [0, 0.05) is 58.4 Å². The summed E-state index contributed by atoms with van der Waals surface area (Å²) in [5, 5.41) is 6.85. The molecule has 0 saturated heterocycles. The van der Waals surface area contributed by atoms with Crippen LogP contribution in [0.3, 0.4) is 0 Å². The summed E-state index contributed by atoms with van der Waals surface area (Å²) in [7, 11) is 0. The van der Waals surface area contributed by atoms with Gasteiger partial charge < -0.3 is 8.98 Å². The molecular weight excluding hydrogens is 645 g/mol. The third-order valence-corrected chi connectivity index (χ3v) is 11.1. The van der Waals surface area contributed by atoms with Gasteiger partial charge in [-0.1, -0.05) is 121 Å². The lowest BCUT2D eigenvalue weighted by atomic mass is 10.0. The van der Waals surface area contributed by atoms with Crippen molar-refractivity contribution in [2.75, 3.05) is 0 Å². The minimum atomic E-state index is 0.632. The van der Waals surface area contributed by atoms with Crippen LogP contribution in [-0.2, 0) is 0 Å². The Morgan fingerprint density at radius 3 is 1.98 bits per heavy atom. The highest BCUT2D eigenvalue weighted by Crippen LogP contribution is 2.43. The summed E-state index contributed by atoms with van der Waals surface area (Å²) in [5.41, 5.74) is 7.75. The van der Waals surface area contributed by atoms with E-state index in [1.807, 2.05) is 30.3 Å². The van der Waals surface area contributed by atoms with Crippen molar-refractivity contribution in [3.63, 3.8) is 0 Å². The maximum Gasteiger partial charge on any atom is 0.165 e. The molecule has 0 aliphatic carbocycles. The van der Waals surface area contributed by atoms with Gasteiger partial charge in [-0.05, 0) is 36.4 Å². The number of para-hydroxylation sites is 3. The Hall–Kier alpha value is -6.63. The molecule has 0 aliphatic heterocycles. The molecule has 51 heavy (non-hydrogen) atoms. The normalized spacial score (nSPS) is 11.9. The van der Waals surface area contributed by atoms with Gasteiger partial charge in [-0.3, -0.25) is 0 Å². The van der Waals surface area contributed by atoms with Crippen LogP contribution < -0.4 is 0 Å². The van der Waals surface area contributed by atoms with E-state index in [2.05, 4.69) is 132 Å². The van der Waals surface area contributed by atoms with Crippen molar-refractivity contribution in [1.29, 1.82) is 0 Å². The van der Waals surface area contributed by atoms with Gasteiger partial charge in [-0.2, -0.15) is 0 Å². The molecule has 0 radical (unpaired) electrons. The predicted octanol–water partition coefficient (Wildman–Crippen LogP) is 12.2. The smallest absolute Gasteiger partial charge is 0.165 e. The molecule has 4 aromatic heterocycles. The molecule has 5 nitrogen and oxygen atoms in total. The van der Waals surface area contributed by atoms with Crippen LogP contribution in [0.15, 0.2) is 162 Å². The zero-order chi connectivity index (χ0) is 33.5. The van der Waals surface area contributed by atoms with Gasteiger partial charge in [0.2, 0.25) is 0 Å². The fourth-order valence-corrected chi connectivity index (χ4v) is 8.84. The molecule has 0 unspecified atom stereocenters. The fraction of sp³-hybridized carbons (Fsp3) is 0. The molecule has 11 aromatic rings. The number of rotatable bonds is 4. The Morgan fingerprint density at radius 1 is 0.451 bits per heavy atom. The van der Waals surface area contributed by atoms with Crippen LogP contribution in [0.25, 0.3) is 104 Å². The van der Waals surface area contributed by atoms with Crippen molar-refractivity contribution in [1.82, 2.24) is 19.5 Å². The van der Waals surface area contributed by atoms with Gasteiger partial charge in [0.15, 0.2) is 23.1 Å². The van der Waals surface area contributed by atoms with Gasteiger partial charge in [-0.25, -0.2) is 15.0 Å². The van der Waals surface area contributed by atoms with E-state index < -0.39 is 0 Å². The van der Waals surface area contributed by atoms with Crippen molar-refractivity contribution in [3.8, 4) is 39.9 Å². The molecule has 238 valence electrons. The van der Waals surface area contributed by atoms with Crippen LogP contribution in [-0.4, -0.2) is 19.5 Å². The second-order valence-corrected chi connectivity index (χ2v) is 13.8. The summed E-state index contributed by atoms with van der Waals surface area (Å²) in [5.74, 6) is 1.93. The molecule has 0 amide bonds. The Balaban J connectivity index is 1.21. The van der Waals surface area contributed by atoms with Crippen LogP contribution in [0.1, 0.15) is 0 Å². The first-order chi connectivity index (χ1) is 25.3. The minimum absolute atomic E-state index is 0.632. The molecule has 6 heteroatoms. The maximum absolute atomic E-state index is 6.55. The molecule has 4 heterocycles. The lowest BCUT2D eigenvalue weighted by molar-refractivity contribution is 0.666. The average Bonchev–Trinajstić information content (AvgIpc) is 3.88. The monoisotopic (exact) mass is 670 g/mol. The number of aromatic nitrogens is 4. The van der Waals surface area contributed by atoms with Crippen molar-refractivity contribution in [2.45, 2.75) is 0 Å². The highest BCUT2D eigenvalue weighted by atomic mass is 32.1. The highest BCUT2D eigenvalue weighted by Gasteiger charge is 2.22. The Morgan fingerprint density at radius 2 is 1.08 bits per heavy atom. The molecule has 0 bridgehead atoms. The van der Waals surface area contributed by atoms with E-state index >= 15 is 0 Å². The second-order valence-electron chi connectivity index (χ2n) is 12.8. The Labute approximate surface area is 295 Å². The number of thiophene rings is 1. The number of benzene rings is 7. The number of fused-ring (bicyclic) bond motifs is 9. The lowest BCUT2D eigenvalue weighted by Gasteiger charge is -2.11. The van der Waals surface area contributed by atoms with E-state index in [0.717, 1.165) is 66.1 Å². The van der Waals surface area contributed by atoms with Crippen molar-refractivity contribution < 1.29 is 4.42 Å². The topological polar surface area (TPSA) is 56.7 Å². The van der Waals surface area contributed by atoms with Gasteiger partial charge >= 0.3 is 0 Å². The Bertz CT molecular complexity index is 3150. The SMILES string of the molecule is c1ccc(-c2nc(-c3cccc4c3sc3ccccc34)nc(-c3cccc4c3c3ccccc3n4-c3cccc4c3oc3ccccc34)n2)cc1. The first-order valence-corrected chi connectivity index (χ1v) is 17.8. The van der Waals surface area contributed by atoms with E-state index in [-0.39, 0.29) is 0 Å².